The van der Waals surface area contributed by atoms with Gasteiger partial charge in [0.2, 0.25) is 0 Å². The summed E-state index contributed by atoms with van der Waals surface area (Å²) in [5.41, 5.74) is 5.66. The van der Waals surface area contributed by atoms with Gasteiger partial charge in [0, 0.05) is 39.3 Å². The lowest BCUT2D eigenvalue weighted by Crippen LogP contribution is -2.54. The second-order valence-electron chi connectivity index (χ2n) is 5.31. The van der Waals surface area contributed by atoms with Gasteiger partial charge in [-0.05, 0) is 32.4 Å². The van der Waals surface area contributed by atoms with Gasteiger partial charge in [0.25, 0.3) is 10.2 Å². The van der Waals surface area contributed by atoms with E-state index >= 15 is 0 Å². The van der Waals surface area contributed by atoms with E-state index in [9.17, 15) is 8.42 Å². The van der Waals surface area contributed by atoms with Crippen LogP contribution in [-0.4, -0.2) is 74.8 Å². The standard InChI is InChI=1S/C11H24N4O2S/c1-13-5-7-14(8-6-13)18(16,17)15-4-2-3-11(9-12)10-15/h11H,2-10,12H2,1H3. The number of rotatable bonds is 3. The van der Waals surface area contributed by atoms with Crippen molar-refractivity contribution < 1.29 is 8.42 Å². The van der Waals surface area contributed by atoms with Gasteiger partial charge in [0.1, 0.15) is 0 Å². The van der Waals surface area contributed by atoms with Crippen LogP contribution in [0.3, 0.4) is 0 Å². The molecule has 0 aromatic heterocycles. The van der Waals surface area contributed by atoms with Crippen LogP contribution in [0, 0.1) is 5.92 Å². The summed E-state index contributed by atoms with van der Waals surface area (Å²) >= 11 is 0. The van der Waals surface area contributed by atoms with Gasteiger partial charge in [0.05, 0.1) is 0 Å². The van der Waals surface area contributed by atoms with Gasteiger partial charge in [-0.2, -0.15) is 17.0 Å². The molecule has 1 atom stereocenters. The molecule has 0 radical (unpaired) electrons. The first-order valence-corrected chi connectivity index (χ1v) is 8.07. The molecule has 7 heteroatoms. The molecule has 0 bridgehead atoms. The average Bonchev–Trinajstić information content (AvgIpc) is 2.39. The van der Waals surface area contributed by atoms with Crippen molar-refractivity contribution in [3.8, 4) is 0 Å². The quantitative estimate of drug-likeness (QED) is 0.729. The largest absolute Gasteiger partial charge is 0.330 e. The molecule has 2 N–H and O–H groups in total. The zero-order valence-corrected chi connectivity index (χ0v) is 11.9. The van der Waals surface area contributed by atoms with Crippen LogP contribution in [0.5, 0.6) is 0 Å². The van der Waals surface area contributed by atoms with Crippen molar-refractivity contribution in [2.45, 2.75) is 12.8 Å². The maximum absolute atomic E-state index is 12.5. The molecule has 0 spiro atoms. The molecule has 0 amide bonds. The SMILES string of the molecule is CN1CCN(S(=O)(=O)N2CCCC(CN)C2)CC1. The van der Waals surface area contributed by atoms with Gasteiger partial charge in [0.15, 0.2) is 0 Å². The zero-order valence-electron chi connectivity index (χ0n) is 11.1. The minimum absolute atomic E-state index is 0.320. The second-order valence-corrected chi connectivity index (χ2v) is 7.24. The fourth-order valence-electron chi connectivity index (χ4n) is 2.61. The van der Waals surface area contributed by atoms with E-state index in [0.29, 0.717) is 38.6 Å². The van der Waals surface area contributed by atoms with E-state index in [0.717, 1.165) is 25.9 Å². The van der Waals surface area contributed by atoms with Crippen molar-refractivity contribution in [1.82, 2.24) is 13.5 Å². The summed E-state index contributed by atoms with van der Waals surface area (Å²) < 4.78 is 28.2. The molecule has 106 valence electrons. The summed E-state index contributed by atoms with van der Waals surface area (Å²) in [5, 5.41) is 0. The predicted molar refractivity (Wildman–Crippen MR) is 71.3 cm³/mol. The maximum Gasteiger partial charge on any atom is 0.282 e. The Labute approximate surface area is 110 Å². The highest BCUT2D eigenvalue weighted by atomic mass is 32.2. The Bertz CT molecular complexity index is 365. The first-order valence-electron chi connectivity index (χ1n) is 6.68. The van der Waals surface area contributed by atoms with Crippen LogP contribution in [0.4, 0.5) is 0 Å². The third-order valence-corrected chi connectivity index (χ3v) is 5.93. The predicted octanol–water partition coefficient (Wildman–Crippen LogP) is -0.851. The number of nitrogens with two attached hydrogens (primary N) is 1. The molecule has 1 unspecified atom stereocenters. The molecule has 2 rings (SSSR count). The first kappa shape index (κ1) is 14.2. The van der Waals surface area contributed by atoms with Crippen LogP contribution in [0.1, 0.15) is 12.8 Å². The van der Waals surface area contributed by atoms with Crippen LogP contribution in [0.15, 0.2) is 0 Å². The summed E-state index contributed by atoms with van der Waals surface area (Å²) in [7, 11) is -1.24. The molecular formula is C11H24N4O2S. The normalized spacial score (nSPS) is 29.6. The van der Waals surface area contributed by atoms with E-state index < -0.39 is 10.2 Å². The summed E-state index contributed by atoms with van der Waals surface area (Å²) in [6.07, 6.45) is 1.97. The maximum atomic E-state index is 12.5. The van der Waals surface area contributed by atoms with E-state index in [1.807, 2.05) is 7.05 Å². The van der Waals surface area contributed by atoms with Gasteiger partial charge >= 0.3 is 0 Å². The van der Waals surface area contributed by atoms with Gasteiger partial charge in [-0.15, -0.1) is 0 Å². The molecule has 0 saturated carbocycles. The lowest BCUT2D eigenvalue weighted by Gasteiger charge is -2.38. The van der Waals surface area contributed by atoms with Crippen molar-refractivity contribution in [2.24, 2.45) is 11.7 Å². The Balaban J connectivity index is 2.01. The Morgan fingerprint density at radius 2 is 1.78 bits per heavy atom. The molecule has 2 fully saturated rings. The van der Waals surface area contributed by atoms with Gasteiger partial charge in [-0.3, -0.25) is 0 Å². The van der Waals surface area contributed by atoms with Crippen molar-refractivity contribution in [1.29, 1.82) is 0 Å². The number of piperidine rings is 1. The number of nitrogens with zero attached hydrogens (tertiary/aromatic N) is 3. The molecule has 2 saturated heterocycles. The minimum atomic E-state index is -3.27. The van der Waals surface area contributed by atoms with E-state index in [-0.39, 0.29) is 0 Å². The van der Waals surface area contributed by atoms with E-state index in [4.69, 9.17) is 5.73 Å². The van der Waals surface area contributed by atoms with E-state index in [1.165, 1.54) is 0 Å². The van der Waals surface area contributed by atoms with Crippen molar-refractivity contribution >= 4 is 10.2 Å². The van der Waals surface area contributed by atoms with Gasteiger partial charge in [-0.25, -0.2) is 0 Å². The minimum Gasteiger partial charge on any atom is -0.330 e. The second kappa shape index (κ2) is 5.83. The first-order chi connectivity index (χ1) is 8.54. The number of hydrogen-bond acceptors (Lipinski definition) is 4. The van der Waals surface area contributed by atoms with Crippen molar-refractivity contribution in [3.05, 3.63) is 0 Å². The molecule has 0 aromatic carbocycles. The molecule has 2 aliphatic rings. The Morgan fingerprint density at radius 3 is 2.39 bits per heavy atom. The van der Waals surface area contributed by atoms with Crippen LogP contribution in [0.2, 0.25) is 0 Å². The lowest BCUT2D eigenvalue weighted by molar-refractivity contribution is 0.199. The van der Waals surface area contributed by atoms with Crippen LogP contribution >= 0.6 is 0 Å². The summed E-state index contributed by atoms with van der Waals surface area (Å²) in [4.78, 5) is 2.16. The number of likely N-dealkylation sites (N-methyl/N-ethyl adjacent to an activating group) is 1. The highest BCUT2D eigenvalue weighted by Gasteiger charge is 2.34. The zero-order chi connectivity index (χ0) is 13.2. The molecular weight excluding hydrogens is 252 g/mol. The summed E-state index contributed by atoms with van der Waals surface area (Å²) in [6.45, 7) is 4.64. The number of hydrogen-bond donors (Lipinski definition) is 1. The third-order valence-electron chi connectivity index (χ3n) is 3.93. The Hall–Kier alpha value is -0.210. The van der Waals surface area contributed by atoms with E-state index in [2.05, 4.69) is 4.90 Å². The van der Waals surface area contributed by atoms with Gasteiger partial charge < -0.3 is 10.6 Å². The molecule has 2 aliphatic heterocycles. The molecule has 18 heavy (non-hydrogen) atoms. The fraction of sp³-hybridized carbons (Fsp3) is 1.00. The molecule has 6 nitrogen and oxygen atoms in total. The van der Waals surface area contributed by atoms with Gasteiger partial charge in [-0.1, -0.05) is 0 Å². The molecule has 0 aliphatic carbocycles. The number of piperazine rings is 1. The highest BCUT2D eigenvalue weighted by Crippen LogP contribution is 2.21. The Kier molecular flexibility index (Phi) is 4.60. The van der Waals surface area contributed by atoms with Crippen LogP contribution in [-0.2, 0) is 10.2 Å². The fourth-order valence-corrected chi connectivity index (χ4v) is 4.32. The van der Waals surface area contributed by atoms with E-state index in [1.54, 1.807) is 8.61 Å². The third kappa shape index (κ3) is 3.03. The van der Waals surface area contributed by atoms with Crippen molar-refractivity contribution in [3.63, 3.8) is 0 Å². The molecule has 0 aromatic rings. The summed E-state index contributed by atoms with van der Waals surface area (Å²) in [6, 6.07) is 0. The lowest BCUT2D eigenvalue weighted by atomic mass is 10.0. The topological polar surface area (TPSA) is 69.9 Å². The smallest absolute Gasteiger partial charge is 0.282 e. The molecule has 2 heterocycles. The van der Waals surface area contributed by atoms with Crippen molar-refractivity contribution in [2.75, 3.05) is 52.9 Å². The average molecular weight is 276 g/mol. The Morgan fingerprint density at radius 1 is 1.11 bits per heavy atom. The summed E-state index contributed by atoms with van der Waals surface area (Å²) in [5.74, 6) is 0.320. The highest BCUT2D eigenvalue weighted by molar-refractivity contribution is 7.86. The van der Waals surface area contributed by atoms with Crippen LogP contribution in [0.25, 0.3) is 0 Å². The van der Waals surface area contributed by atoms with Crippen LogP contribution < -0.4 is 5.73 Å². The monoisotopic (exact) mass is 276 g/mol.